The molecule has 3 aromatic rings. The molecule has 0 radical (unpaired) electrons. The minimum atomic E-state index is -1.11. The van der Waals surface area contributed by atoms with E-state index in [1.54, 1.807) is 37.4 Å². The highest BCUT2D eigenvalue weighted by Gasteiger charge is 2.23. The van der Waals surface area contributed by atoms with Gasteiger partial charge in [0.05, 0.1) is 13.2 Å². The molecule has 4 rings (SSSR count). The number of aliphatic imine (C=N–C) groups is 1. The number of halogens is 1. The lowest BCUT2D eigenvalue weighted by Gasteiger charge is -2.20. The van der Waals surface area contributed by atoms with Gasteiger partial charge in [-0.1, -0.05) is 12.1 Å². The number of benzene rings is 2. The summed E-state index contributed by atoms with van der Waals surface area (Å²) in [6.45, 7) is 2.83. The molecule has 1 aliphatic rings. The van der Waals surface area contributed by atoms with E-state index in [1.807, 2.05) is 6.92 Å². The summed E-state index contributed by atoms with van der Waals surface area (Å²) in [7, 11) is 1.66. The fourth-order valence-corrected chi connectivity index (χ4v) is 3.84. The molecule has 0 unspecified atom stereocenters. The van der Waals surface area contributed by atoms with Crippen molar-refractivity contribution in [2.24, 2.45) is 4.99 Å². The molecular weight excluding hydrogens is 425 g/mol. The van der Waals surface area contributed by atoms with E-state index in [4.69, 9.17) is 4.74 Å². The molecule has 1 N–H and O–H groups in total. The molecule has 1 amide bonds. The Morgan fingerprint density at radius 3 is 2.76 bits per heavy atom. The predicted molar refractivity (Wildman–Crippen MR) is 121 cm³/mol. The van der Waals surface area contributed by atoms with E-state index in [0.717, 1.165) is 11.1 Å². The quantitative estimate of drug-likeness (QED) is 0.586. The van der Waals surface area contributed by atoms with Crippen molar-refractivity contribution in [1.82, 2.24) is 9.88 Å². The highest BCUT2D eigenvalue weighted by Crippen LogP contribution is 2.32. The van der Waals surface area contributed by atoms with Crippen LogP contribution in [0.1, 0.15) is 44.5 Å². The zero-order valence-electron chi connectivity index (χ0n) is 18.2. The van der Waals surface area contributed by atoms with Crippen molar-refractivity contribution in [3.05, 3.63) is 82.4 Å². The fourth-order valence-electron chi connectivity index (χ4n) is 3.84. The van der Waals surface area contributed by atoms with Crippen molar-refractivity contribution >= 4 is 18.1 Å². The summed E-state index contributed by atoms with van der Waals surface area (Å²) in [4.78, 5) is 34.3. The van der Waals surface area contributed by atoms with E-state index in [-0.39, 0.29) is 24.0 Å². The molecule has 1 aliphatic heterocycles. The number of nitrogens with zero attached hydrogens (tertiary/aromatic N) is 3. The molecule has 0 atom stereocenters. The Morgan fingerprint density at radius 2 is 2.03 bits per heavy atom. The van der Waals surface area contributed by atoms with Crippen LogP contribution in [0.4, 0.5) is 4.39 Å². The fraction of sp³-hybridized carbons (Fsp3) is 0.200. The molecular formula is C25H22FN3O4. The molecule has 0 fully saturated rings. The first-order chi connectivity index (χ1) is 15.9. The summed E-state index contributed by atoms with van der Waals surface area (Å²) in [5.41, 5.74) is 3.72. The van der Waals surface area contributed by atoms with Crippen molar-refractivity contribution < 1.29 is 23.8 Å². The summed E-state index contributed by atoms with van der Waals surface area (Å²) in [6.07, 6.45) is 3.00. The first-order valence-electron chi connectivity index (χ1n) is 10.4. The molecule has 0 aliphatic carbocycles. The van der Waals surface area contributed by atoms with Crippen LogP contribution in [0.2, 0.25) is 0 Å². The van der Waals surface area contributed by atoms with Crippen LogP contribution in [0.3, 0.4) is 0 Å². The number of hydrogen-bond acceptors (Lipinski definition) is 5. The Labute approximate surface area is 190 Å². The zero-order valence-corrected chi connectivity index (χ0v) is 18.2. The van der Waals surface area contributed by atoms with Gasteiger partial charge in [0.2, 0.25) is 0 Å². The van der Waals surface area contributed by atoms with Gasteiger partial charge in [0.25, 0.3) is 5.91 Å². The lowest BCUT2D eigenvalue weighted by atomic mass is 10.0. The Hall–Kier alpha value is -4.07. The number of fused-ring (bicyclic) bond motifs is 1. The van der Waals surface area contributed by atoms with Gasteiger partial charge in [0.15, 0.2) is 5.69 Å². The van der Waals surface area contributed by atoms with Crippen molar-refractivity contribution in [3.63, 3.8) is 0 Å². The largest absolute Gasteiger partial charge is 0.493 e. The molecule has 0 bridgehead atoms. The highest BCUT2D eigenvalue weighted by atomic mass is 19.1. The van der Waals surface area contributed by atoms with Crippen LogP contribution >= 0.6 is 0 Å². The summed E-state index contributed by atoms with van der Waals surface area (Å²) < 4.78 is 19.4. The van der Waals surface area contributed by atoms with Gasteiger partial charge in [0, 0.05) is 42.7 Å². The number of amides is 1. The topological polar surface area (TPSA) is 92.1 Å². The average molecular weight is 447 g/mol. The maximum atomic E-state index is 13.7. The standard InChI is InChI=1S/C25H22FN3O4/c1-3-33-22-10-16(7-8-19(22)15-5-4-6-18(26)9-15)24(30)29(2)14-17-11-28-23(25(31)32)21-13-27-12-20(17)21/h4-11,13H,3,12,14H2,1-2H3,(H,31,32). The Kier molecular flexibility index (Phi) is 6.17. The first-order valence-corrected chi connectivity index (χ1v) is 10.4. The van der Waals surface area contributed by atoms with Gasteiger partial charge in [-0.05, 0) is 53.9 Å². The first kappa shape index (κ1) is 22.1. The van der Waals surface area contributed by atoms with Crippen LogP contribution in [0.5, 0.6) is 5.75 Å². The van der Waals surface area contributed by atoms with E-state index in [9.17, 15) is 19.1 Å². The van der Waals surface area contributed by atoms with Crippen molar-refractivity contribution in [2.45, 2.75) is 20.0 Å². The van der Waals surface area contributed by atoms with E-state index in [0.29, 0.717) is 41.2 Å². The van der Waals surface area contributed by atoms with Crippen LogP contribution in [0.15, 0.2) is 53.7 Å². The highest BCUT2D eigenvalue weighted by molar-refractivity contribution is 5.99. The smallest absolute Gasteiger partial charge is 0.355 e. The lowest BCUT2D eigenvalue weighted by molar-refractivity contribution is 0.0688. The number of aromatic carboxylic acids is 1. The third kappa shape index (κ3) is 4.45. The Morgan fingerprint density at radius 1 is 1.21 bits per heavy atom. The van der Waals surface area contributed by atoms with Crippen LogP contribution < -0.4 is 4.74 Å². The number of hydrogen-bond donors (Lipinski definition) is 1. The number of carbonyl (C=O) groups excluding carboxylic acids is 1. The lowest BCUT2D eigenvalue weighted by Crippen LogP contribution is -2.27. The summed E-state index contributed by atoms with van der Waals surface area (Å²) in [6, 6.07) is 11.3. The third-order valence-electron chi connectivity index (χ3n) is 5.41. The zero-order chi connectivity index (χ0) is 23.5. The van der Waals surface area contributed by atoms with Crippen LogP contribution in [-0.4, -0.2) is 46.7 Å². The molecule has 2 aromatic carbocycles. The summed E-state index contributed by atoms with van der Waals surface area (Å²) >= 11 is 0. The van der Waals surface area contributed by atoms with Crippen LogP contribution in [0, 0.1) is 5.82 Å². The van der Waals surface area contributed by atoms with Gasteiger partial charge in [-0.2, -0.15) is 0 Å². The number of ether oxygens (including phenoxy) is 1. The number of carboxylic acid groups (broad SMARTS) is 1. The minimum Gasteiger partial charge on any atom is -0.493 e. The number of carboxylic acids is 1. The van der Waals surface area contributed by atoms with Crippen molar-refractivity contribution in [3.8, 4) is 16.9 Å². The second-order valence-electron chi connectivity index (χ2n) is 7.61. The van der Waals surface area contributed by atoms with Gasteiger partial charge in [-0.25, -0.2) is 14.2 Å². The normalized spacial score (nSPS) is 11.8. The number of pyridine rings is 1. The number of aromatic nitrogens is 1. The monoisotopic (exact) mass is 447 g/mol. The molecule has 0 saturated carbocycles. The third-order valence-corrected chi connectivity index (χ3v) is 5.41. The maximum absolute atomic E-state index is 13.7. The molecule has 0 saturated heterocycles. The van der Waals surface area contributed by atoms with E-state index < -0.39 is 5.97 Å². The van der Waals surface area contributed by atoms with Gasteiger partial charge in [-0.15, -0.1) is 0 Å². The number of carbonyl (C=O) groups is 2. The summed E-state index contributed by atoms with van der Waals surface area (Å²) in [5, 5.41) is 9.33. The Bertz CT molecular complexity index is 1270. The SMILES string of the molecule is CCOc1cc(C(=O)N(C)Cc2cnc(C(=O)O)c3c2CN=C3)ccc1-c1cccc(F)c1. The maximum Gasteiger partial charge on any atom is 0.355 e. The molecule has 1 aromatic heterocycles. The van der Waals surface area contributed by atoms with Crippen LogP contribution in [-0.2, 0) is 13.1 Å². The molecule has 33 heavy (non-hydrogen) atoms. The average Bonchev–Trinajstić information content (AvgIpc) is 3.29. The van der Waals surface area contributed by atoms with Gasteiger partial charge in [-0.3, -0.25) is 9.79 Å². The van der Waals surface area contributed by atoms with Crippen molar-refractivity contribution in [2.75, 3.05) is 13.7 Å². The second-order valence-corrected chi connectivity index (χ2v) is 7.61. The van der Waals surface area contributed by atoms with E-state index in [2.05, 4.69) is 9.98 Å². The van der Waals surface area contributed by atoms with Gasteiger partial charge >= 0.3 is 5.97 Å². The molecule has 8 heteroatoms. The predicted octanol–water partition coefficient (Wildman–Crippen LogP) is 4.19. The number of rotatable bonds is 7. The van der Waals surface area contributed by atoms with Gasteiger partial charge < -0.3 is 14.7 Å². The van der Waals surface area contributed by atoms with Crippen LogP contribution in [0.25, 0.3) is 11.1 Å². The molecule has 2 heterocycles. The Balaban J connectivity index is 1.60. The van der Waals surface area contributed by atoms with Crippen molar-refractivity contribution in [1.29, 1.82) is 0 Å². The summed E-state index contributed by atoms with van der Waals surface area (Å²) in [5.74, 6) is -1.22. The van der Waals surface area contributed by atoms with Gasteiger partial charge in [0.1, 0.15) is 11.6 Å². The van der Waals surface area contributed by atoms with E-state index in [1.165, 1.54) is 29.4 Å². The molecule has 168 valence electrons. The second kappa shape index (κ2) is 9.20. The minimum absolute atomic E-state index is 0.0433. The van der Waals surface area contributed by atoms with E-state index >= 15 is 0 Å². The molecule has 0 spiro atoms. The molecule has 7 nitrogen and oxygen atoms in total.